The van der Waals surface area contributed by atoms with Crippen molar-refractivity contribution in [2.24, 2.45) is 20.0 Å². The average Bonchev–Trinajstić information content (AvgIpc) is 3.56. The first-order chi connectivity index (χ1) is 16.8. The number of carbonyl (C=O) groups excluding carboxylic acids is 1. The number of hydrogen-bond donors (Lipinski definition) is 2. The summed E-state index contributed by atoms with van der Waals surface area (Å²) in [6.07, 6.45) is 5.58. The lowest BCUT2D eigenvalue weighted by Gasteiger charge is -2.06. The molecule has 1 aliphatic carbocycles. The van der Waals surface area contributed by atoms with Crippen LogP contribution in [0.5, 0.6) is 0 Å². The Kier molecular flexibility index (Phi) is 5.80. The normalized spacial score (nSPS) is 17.0. The lowest BCUT2D eigenvalue weighted by atomic mass is 10.1. The second-order valence-corrected chi connectivity index (χ2v) is 9.12. The molecule has 2 unspecified atom stereocenters. The van der Waals surface area contributed by atoms with Crippen molar-refractivity contribution in [3.63, 3.8) is 0 Å². The summed E-state index contributed by atoms with van der Waals surface area (Å²) in [4.78, 5) is 53.3. The number of imidazole rings is 1. The van der Waals surface area contributed by atoms with Crippen molar-refractivity contribution in [1.82, 2.24) is 34.4 Å². The first-order valence-corrected chi connectivity index (χ1v) is 11.6. The van der Waals surface area contributed by atoms with E-state index in [2.05, 4.69) is 25.3 Å². The number of nitrogens with one attached hydrogen (secondary N) is 2. The maximum absolute atomic E-state index is 12.7. The summed E-state index contributed by atoms with van der Waals surface area (Å²) in [7, 11) is 3.03. The minimum Gasteiger partial charge on any atom is -0.356 e. The predicted octanol–water partition coefficient (Wildman–Crippen LogP) is 1.58. The Bertz CT molecular complexity index is 1550. The Morgan fingerprint density at radius 2 is 1.86 bits per heavy atom. The van der Waals surface area contributed by atoms with Crippen LogP contribution in [0.4, 0.5) is 0 Å². The van der Waals surface area contributed by atoms with E-state index in [1.807, 2.05) is 31.2 Å². The zero-order valence-corrected chi connectivity index (χ0v) is 19.9. The molecule has 10 heteroatoms. The smallest absolute Gasteiger partial charge is 0.332 e. The van der Waals surface area contributed by atoms with Gasteiger partial charge in [-0.05, 0) is 61.1 Å². The largest absolute Gasteiger partial charge is 0.356 e. The molecular formula is C25H27N7O3. The van der Waals surface area contributed by atoms with Gasteiger partial charge in [-0.25, -0.2) is 9.78 Å². The SMILES string of the molecule is Cc1ccnc(-c2cc(C3CC3C(=O)NCCCc3nc4c([nH]3)c(=O)n(C)c(=O)n4C)ccn2)c1. The Hall–Kier alpha value is -4.08. The number of carbonyl (C=O) groups is 1. The van der Waals surface area contributed by atoms with Crippen LogP contribution in [0.2, 0.25) is 0 Å². The lowest BCUT2D eigenvalue weighted by molar-refractivity contribution is -0.122. The number of H-pyrrole nitrogens is 1. The second kappa shape index (κ2) is 8.94. The third-order valence-electron chi connectivity index (χ3n) is 6.55. The summed E-state index contributed by atoms with van der Waals surface area (Å²) < 4.78 is 2.41. The molecule has 1 aliphatic rings. The van der Waals surface area contributed by atoms with Gasteiger partial charge in [-0.1, -0.05) is 0 Å². The minimum absolute atomic E-state index is 0.0422. The van der Waals surface area contributed by atoms with Crippen molar-refractivity contribution in [3.05, 3.63) is 74.4 Å². The standard InChI is InChI=1S/C25H27N7O3/c1-14-6-9-26-18(11-14)19-12-15(7-10-27-19)16-13-17(16)23(33)28-8-4-5-20-29-21-22(30-20)31(2)25(35)32(3)24(21)34/h6-7,9-12,16-17H,4-5,8,13H2,1-3H3,(H,28,33)(H,29,30). The van der Waals surface area contributed by atoms with E-state index in [4.69, 9.17) is 0 Å². The third-order valence-corrected chi connectivity index (χ3v) is 6.55. The van der Waals surface area contributed by atoms with Crippen LogP contribution in [0.15, 0.2) is 46.2 Å². The fourth-order valence-corrected chi connectivity index (χ4v) is 4.44. The van der Waals surface area contributed by atoms with Crippen molar-refractivity contribution >= 4 is 17.1 Å². The summed E-state index contributed by atoms with van der Waals surface area (Å²) in [5.41, 5.74) is 3.72. The molecule has 4 heterocycles. The molecule has 2 N–H and O–H groups in total. The van der Waals surface area contributed by atoms with Gasteiger partial charge >= 0.3 is 5.69 Å². The Labute approximate surface area is 201 Å². The first kappa shape index (κ1) is 22.7. The highest BCUT2D eigenvalue weighted by atomic mass is 16.2. The molecule has 0 spiro atoms. The van der Waals surface area contributed by atoms with E-state index in [0.717, 1.165) is 33.5 Å². The van der Waals surface area contributed by atoms with Gasteiger partial charge < -0.3 is 10.3 Å². The number of nitrogens with zero attached hydrogens (tertiary/aromatic N) is 5. The highest BCUT2D eigenvalue weighted by Crippen LogP contribution is 2.47. The zero-order chi connectivity index (χ0) is 24.7. The van der Waals surface area contributed by atoms with Gasteiger partial charge in [-0.15, -0.1) is 0 Å². The van der Waals surface area contributed by atoms with Gasteiger partial charge in [0.2, 0.25) is 5.91 Å². The number of rotatable bonds is 7. The molecule has 0 saturated heterocycles. The molecule has 1 fully saturated rings. The third kappa shape index (κ3) is 4.39. The van der Waals surface area contributed by atoms with Crippen LogP contribution in [-0.4, -0.2) is 41.5 Å². The number of pyridine rings is 2. The summed E-state index contributed by atoms with van der Waals surface area (Å²) >= 11 is 0. The molecule has 35 heavy (non-hydrogen) atoms. The second-order valence-electron chi connectivity index (χ2n) is 9.12. The lowest BCUT2D eigenvalue weighted by Crippen LogP contribution is -2.36. The summed E-state index contributed by atoms with van der Waals surface area (Å²) in [6.45, 7) is 2.53. The monoisotopic (exact) mass is 473 g/mol. The molecule has 0 aromatic carbocycles. The fourth-order valence-electron chi connectivity index (χ4n) is 4.44. The topological polar surface area (TPSA) is 128 Å². The number of aromatic nitrogens is 6. The molecule has 5 rings (SSSR count). The molecule has 4 aromatic rings. The van der Waals surface area contributed by atoms with Crippen LogP contribution in [0.3, 0.4) is 0 Å². The highest BCUT2D eigenvalue weighted by molar-refractivity contribution is 5.83. The van der Waals surface area contributed by atoms with Gasteiger partial charge in [0.15, 0.2) is 5.65 Å². The fraction of sp³-hybridized carbons (Fsp3) is 0.360. The van der Waals surface area contributed by atoms with E-state index in [1.165, 1.54) is 11.6 Å². The molecule has 1 saturated carbocycles. The number of hydrogen-bond acceptors (Lipinski definition) is 6. The molecule has 0 radical (unpaired) electrons. The van der Waals surface area contributed by atoms with Crippen molar-refractivity contribution in [1.29, 1.82) is 0 Å². The van der Waals surface area contributed by atoms with Crippen LogP contribution in [0, 0.1) is 12.8 Å². The number of amides is 1. The van der Waals surface area contributed by atoms with E-state index < -0.39 is 11.2 Å². The molecule has 0 aliphatic heterocycles. The maximum Gasteiger partial charge on any atom is 0.332 e. The molecule has 10 nitrogen and oxygen atoms in total. The van der Waals surface area contributed by atoms with Crippen LogP contribution < -0.4 is 16.6 Å². The van der Waals surface area contributed by atoms with E-state index in [-0.39, 0.29) is 17.7 Å². The molecule has 0 bridgehead atoms. The number of aryl methyl sites for hydroxylation is 3. The first-order valence-electron chi connectivity index (χ1n) is 11.6. The predicted molar refractivity (Wildman–Crippen MR) is 131 cm³/mol. The summed E-state index contributed by atoms with van der Waals surface area (Å²) in [5, 5.41) is 3.01. The van der Waals surface area contributed by atoms with Gasteiger partial charge in [0.05, 0.1) is 11.4 Å². The summed E-state index contributed by atoms with van der Waals surface area (Å²) in [6, 6.07) is 7.95. The Balaban J connectivity index is 1.16. The van der Waals surface area contributed by atoms with Gasteiger partial charge in [-0.3, -0.25) is 28.7 Å². The average molecular weight is 474 g/mol. The molecule has 4 aromatic heterocycles. The Morgan fingerprint density at radius 3 is 2.63 bits per heavy atom. The van der Waals surface area contributed by atoms with Gasteiger partial charge in [0.25, 0.3) is 5.56 Å². The number of fused-ring (bicyclic) bond motifs is 1. The van der Waals surface area contributed by atoms with Crippen molar-refractivity contribution in [2.75, 3.05) is 6.54 Å². The molecule has 2 atom stereocenters. The zero-order valence-electron chi connectivity index (χ0n) is 19.9. The minimum atomic E-state index is -0.414. The summed E-state index contributed by atoms with van der Waals surface area (Å²) in [5.74, 6) is 0.808. The van der Waals surface area contributed by atoms with E-state index in [1.54, 1.807) is 19.4 Å². The molecule has 180 valence electrons. The van der Waals surface area contributed by atoms with Crippen molar-refractivity contribution in [2.45, 2.75) is 32.1 Å². The van der Waals surface area contributed by atoms with Crippen LogP contribution in [0.1, 0.15) is 35.7 Å². The Morgan fingerprint density at radius 1 is 1.11 bits per heavy atom. The van der Waals surface area contributed by atoms with Gasteiger partial charge in [0, 0.05) is 45.4 Å². The quantitative estimate of drug-likeness (QED) is 0.392. The van der Waals surface area contributed by atoms with Crippen molar-refractivity contribution in [3.8, 4) is 11.4 Å². The van der Waals surface area contributed by atoms with E-state index >= 15 is 0 Å². The van der Waals surface area contributed by atoms with Crippen molar-refractivity contribution < 1.29 is 4.79 Å². The molecular weight excluding hydrogens is 446 g/mol. The van der Waals surface area contributed by atoms with E-state index in [0.29, 0.717) is 36.4 Å². The number of aromatic amines is 1. The van der Waals surface area contributed by atoms with Crippen LogP contribution in [0.25, 0.3) is 22.6 Å². The van der Waals surface area contributed by atoms with Gasteiger partial charge in [0.1, 0.15) is 11.3 Å². The van der Waals surface area contributed by atoms with Crippen LogP contribution in [-0.2, 0) is 25.3 Å². The highest BCUT2D eigenvalue weighted by Gasteiger charge is 2.43. The maximum atomic E-state index is 12.7. The van der Waals surface area contributed by atoms with Gasteiger partial charge in [-0.2, -0.15) is 0 Å². The van der Waals surface area contributed by atoms with E-state index in [9.17, 15) is 14.4 Å². The molecule has 1 amide bonds. The van der Waals surface area contributed by atoms with Crippen LogP contribution >= 0.6 is 0 Å².